The number of nitrogens with one attached hydrogen (secondary N) is 1. The predicted molar refractivity (Wildman–Crippen MR) is 92.3 cm³/mol. The molecule has 0 aliphatic heterocycles. The third kappa shape index (κ3) is 4.22. The van der Waals surface area contributed by atoms with Gasteiger partial charge in [-0.25, -0.2) is 0 Å². The maximum Gasteiger partial charge on any atom is 0.137 e. The number of benzene rings is 2. The standard InChI is InChI=1S/C17H19BrClNO/c1-3-20-16(10-12-6-4-5-7-14(12)18)13-8-9-15(19)17(11-13)21-2/h4-9,11,16,20H,3,10H2,1-2H3. The highest BCUT2D eigenvalue weighted by atomic mass is 79.9. The summed E-state index contributed by atoms with van der Waals surface area (Å²) in [7, 11) is 1.64. The number of likely N-dealkylation sites (N-methyl/N-ethyl adjacent to an activating group) is 1. The van der Waals surface area contributed by atoms with E-state index in [0.717, 1.165) is 17.4 Å². The molecule has 0 spiro atoms. The van der Waals surface area contributed by atoms with Crippen molar-refractivity contribution in [2.75, 3.05) is 13.7 Å². The smallest absolute Gasteiger partial charge is 0.137 e. The summed E-state index contributed by atoms with van der Waals surface area (Å²) in [5.41, 5.74) is 2.45. The summed E-state index contributed by atoms with van der Waals surface area (Å²) in [6.45, 7) is 3.01. The Morgan fingerprint density at radius 2 is 2.00 bits per heavy atom. The fourth-order valence-corrected chi connectivity index (χ4v) is 2.97. The molecule has 2 rings (SSSR count). The number of rotatable bonds is 6. The zero-order valence-corrected chi connectivity index (χ0v) is 14.5. The van der Waals surface area contributed by atoms with E-state index in [9.17, 15) is 0 Å². The molecule has 0 aliphatic rings. The molecule has 0 aromatic heterocycles. The molecule has 21 heavy (non-hydrogen) atoms. The lowest BCUT2D eigenvalue weighted by atomic mass is 9.98. The van der Waals surface area contributed by atoms with Gasteiger partial charge in [0.05, 0.1) is 12.1 Å². The van der Waals surface area contributed by atoms with Crippen LogP contribution in [-0.4, -0.2) is 13.7 Å². The Balaban J connectivity index is 2.28. The van der Waals surface area contributed by atoms with Crippen LogP contribution in [0.3, 0.4) is 0 Å². The highest BCUT2D eigenvalue weighted by Crippen LogP contribution is 2.30. The lowest BCUT2D eigenvalue weighted by molar-refractivity contribution is 0.413. The van der Waals surface area contributed by atoms with Gasteiger partial charge in [0, 0.05) is 10.5 Å². The maximum atomic E-state index is 6.11. The Morgan fingerprint density at radius 3 is 2.67 bits per heavy atom. The second-order valence-electron chi connectivity index (χ2n) is 4.80. The van der Waals surface area contributed by atoms with Gasteiger partial charge in [0.1, 0.15) is 5.75 Å². The molecule has 0 saturated heterocycles. The van der Waals surface area contributed by atoms with Crippen molar-refractivity contribution >= 4 is 27.5 Å². The Hall–Kier alpha value is -1.03. The van der Waals surface area contributed by atoms with Crippen LogP contribution in [0.1, 0.15) is 24.1 Å². The second-order valence-corrected chi connectivity index (χ2v) is 6.06. The van der Waals surface area contributed by atoms with E-state index < -0.39 is 0 Å². The molecule has 0 amide bonds. The van der Waals surface area contributed by atoms with Crippen LogP contribution in [0.4, 0.5) is 0 Å². The molecule has 0 heterocycles. The minimum atomic E-state index is 0.222. The predicted octanol–water partition coefficient (Wildman–Crippen LogP) is 5.00. The third-order valence-corrected chi connectivity index (χ3v) is 4.50. The molecule has 1 unspecified atom stereocenters. The first-order chi connectivity index (χ1) is 10.2. The molecule has 0 aliphatic carbocycles. The first kappa shape index (κ1) is 16.3. The van der Waals surface area contributed by atoms with Crippen molar-refractivity contribution in [1.29, 1.82) is 0 Å². The van der Waals surface area contributed by atoms with Gasteiger partial charge in [-0.2, -0.15) is 0 Å². The molecule has 112 valence electrons. The van der Waals surface area contributed by atoms with Crippen molar-refractivity contribution in [2.24, 2.45) is 0 Å². The average Bonchev–Trinajstić information content (AvgIpc) is 2.49. The van der Waals surface area contributed by atoms with Crippen molar-refractivity contribution in [3.05, 3.63) is 63.1 Å². The molecule has 1 N–H and O–H groups in total. The van der Waals surface area contributed by atoms with Gasteiger partial charge in [-0.05, 0) is 42.3 Å². The molecule has 2 aromatic rings. The first-order valence-corrected chi connectivity index (χ1v) is 8.13. The van der Waals surface area contributed by atoms with Crippen LogP contribution in [0.2, 0.25) is 5.02 Å². The second kappa shape index (κ2) is 7.83. The van der Waals surface area contributed by atoms with Crippen LogP contribution in [0.15, 0.2) is 46.9 Å². The molecule has 0 radical (unpaired) electrons. The van der Waals surface area contributed by atoms with Crippen molar-refractivity contribution < 1.29 is 4.74 Å². The van der Waals surface area contributed by atoms with Gasteiger partial charge in [-0.3, -0.25) is 0 Å². The van der Waals surface area contributed by atoms with Crippen LogP contribution in [-0.2, 0) is 6.42 Å². The van der Waals surface area contributed by atoms with E-state index in [4.69, 9.17) is 16.3 Å². The molecule has 2 nitrogen and oxygen atoms in total. The van der Waals surface area contributed by atoms with Crippen LogP contribution in [0.5, 0.6) is 5.75 Å². The number of halogens is 2. The SMILES string of the molecule is CCNC(Cc1ccccc1Br)c1ccc(Cl)c(OC)c1. The van der Waals surface area contributed by atoms with Crippen LogP contribution in [0.25, 0.3) is 0 Å². The van der Waals surface area contributed by atoms with Gasteiger partial charge in [0.25, 0.3) is 0 Å². The summed E-state index contributed by atoms with van der Waals surface area (Å²) in [5.74, 6) is 0.712. The lowest BCUT2D eigenvalue weighted by Gasteiger charge is -2.20. The fraction of sp³-hybridized carbons (Fsp3) is 0.294. The highest BCUT2D eigenvalue weighted by molar-refractivity contribution is 9.10. The Morgan fingerprint density at radius 1 is 1.24 bits per heavy atom. The number of ether oxygens (including phenoxy) is 1. The molecule has 0 fully saturated rings. The van der Waals surface area contributed by atoms with Gasteiger partial charge < -0.3 is 10.1 Å². The number of hydrogen-bond acceptors (Lipinski definition) is 2. The summed E-state index contributed by atoms with van der Waals surface area (Å²) < 4.78 is 6.45. The number of methoxy groups -OCH3 is 1. The molecule has 2 aromatic carbocycles. The van der Waals surface area contributed by atoms with Crippen molar-refractivity contribution in [1.82, 2.24) is 5.32 Å². The Kier molecular flexibility index (Phi) is 6.09. The van der Waals surface area contributed by atoms with Gasteiger partial charge in [0.2, 0.25) is 0 Å². The van der Waals surface area contributed by atoms with Gasteiger partial charge in [-0.1, -0.05) is 58.7 Å². The van der Waals surface area contributed by atoms with E-state index in [1.807, 2.05) is 18.2 Å². The quantitative estimate of drug-likeness (QED) is 0.774. The van der Waals surface area contributed by atoms with Crippen molar-refractivity contribution in [3.63, 3.8) is 0 Å². The highest BCUT2D eigenvalue weighted by Gasteiger charge is 2.14. The van der Waals surface area contributed by atoms with Gasteiger partial charge >= 0.3 is 0 Å². The van der Waals surface area contributed by atoms with E-state index in [1.54, 1.807) is 7.11 Å². The fourth-order valence-electron chi connectivity index (χ4n) is 2.33. The van der Waals surface area contributed by atoms with Gasteiger partial charge in [-0.15, -0.1) is 0 Å². The van der Waals surface area contributed by atoms with E-state index in [2.05, 4.69) is 52.4 Å². The largest absolute Gasteiger partial charge is 0.495 e. The van der Waals surface area contributed by atoms with E-state index in [0.29, 0.717) is 10.8 Å². The minimum Gasteiger partial charge on any atom is -0.495 e. The van der Waals surface area contributed by atoms with E-state index in [1.165, 1.54) is 11.1 Å². The van der Waals surface area contributed by atoms with Crippen LogP contribution >= 0.6 is 27.5 Å². The Bertz CT molecular complexity index is 603. The molecule has 4 heteroatoms. The molecular weight excluding hydrogens is 350 g/mol. The van der Waals surface area contributed by atoms with Crippen molar-refractivity contribution in [3.8, 4) is 5.75 Å². The Labute approximate surface area is 139 Å². The monoisotopic (exact) mass is 367 g/mol. The summed E-state index contributed by atoms with van der Waals surface area (Å²) >= 11 is 9.73. The maximum absolute atomic E-state index is 6.11. The lowest BCUT2D eigenvalue weighted by Crippen LogP contribution is -2.23. The summed E-state index contributed by atoms with van der Waals surface area (Å²) in [4.78, 5) is 0. The topological polar surface area (TPSA) is 21.3 Å². The summed E-state index contributed by atoms with van der Waals surface area (Å²) in [5, 5.41) is 4.16. The normalized spacial score (nSPS) is 12.2. The average molecular weight is 369 g/mol. The molecule has 0 bridgehead atoms. The molecular formula is C17H19BrClNO. The number of hydrogen-bond donors (Lipinski definition) is 1. The summed E-state index contributed by atoms with van der Waals surface area (Å²) in [6.07, 6.45) is 0.903. The third-order valence-electron chi connectivity index (χ3n) is 3.41. The van der Waals surface area contributed by atoms with Crippen LogP contribution in [0, 0.1) is 0 Å². The first-order valence-electron chi connectivity index (χ1n) is 6.96. The van der Waals surface area contributed by atoms with Gasteiger partial charge in [0.15, 0.2) is 0 Å². The molecule has 1 atom stereocenters. The minimum absolute atomic E-state index is 0.222. The van der Waals surface area contributed by atoms with E-state index >= 15 is 0 Å². The zero-order chi connectivity index (χ0) is 15.2. The zero-order valence-electron chi connectivity index (χ0n) is 12.2. The van der Waals surface area contributed by atoms with E-state index in [-0.39, 0.29) is 6.04 Å². The summed E-state index contributed by atoms with van der Waals surface area (Å²) in [6, 6.07) is 14.5. The molecule has 0 saturated carbocycles. The van der Waals surface area contributed by atoms with Crippen molar-refractivity contribution in [2.45, 2.75) is 19.4 Å². The van der Waals surface area contributed by atoms with Crippen LogP contribution < -0.4 is 10.1 Å².